The Morgan fingerprint density at radius 1 is 1.33 bits per heavy atom. The lowest BCUT2D eigenvalue weighted by Gasteiger charge is -2.04. The molecule has 0 spiro atoms. The van der Waals surface area contributed by atoms with E-state index in [0.29, 0.717) is 11.3 Å². The number of H-pyrrole nitrogens is 2. The summed E-state index contributed by atoms with van der Waals surface area (Å²) >= 11 is 4.99. The van der Waals surface area contributed by atoms with Crippen LogP contribution >= 0.6 is 12.2 Å². The predicted molar refractivity (Wildman–Crippen MR) is 60.5 cm³/mol. The van der Waals surface area contributed by atoms with Gasteiger partial charge in [-0.3, -0.25) is 9.67 Å². The second kappa shape index (κ2) is 3.86. The molecule has 1 aromatic carbocycles. The van der Waals surface area contributed by atoms with Crippen molar-refractivity contribution in [1.29, 1.82) is 0 Å². The average Bonchev–Trinajstić information content (AvgIpc) is 2.53. The lowest BCUT2D eigenvalue weighted by molar-refractivity contribution is 0.747. The second-order valence-corrected chi connectivity index (χ2v) is 3.76. The van der Waals surface area contributed by atoms with Gasteiger partial charge in [-0.2, -0.15) is 0 Å². The minimum absolute atomic E-state index is 0.205. The Hall–Kier alpha value is -1.62. The van der Waals surface area contributed by atoms with E-state index in [1.807, 2.05) is 31.2 Å². The second-order valence-electron chi connectivity index (χ2n) is 3.37. The average molecular weight is 221 g/mol. The van der Waals surface area contributed by atoms with Gasteiger partial charge in [-0.15, -0.1) is 0 Å². The van der Waals surface area contributed by atoms with Crippen molar-refractivity contribution in [2.45, 2.75) is 13.5 Å². The highest BCUT2D eigenvalue weighted by Crippen LogP contribution is 2.07. The van der Waals surface area contributed by atoms with Crippen LogP contribution < -0.4 is 5.69 Å². The fraction of sp³-hybridized carbons (Fsp3) is 0.200. The molecule has 0 unspecified atom stereocenters. The summed E-state index contributed by atoms with van der Waals surface area (Å²) in [6.07, 6.45) is 0. The summed E-state index contributed by atoms with van der Waals surface area (Å²) < 4.78 is 1.92. The van der Waals surface area contributed by atoms with Gasteiger partial charge in [0.15, 0.2) is 4.77 Å². The lowest BCUT2D eigenvalue weighted by atomic mass is 10.1. The molecule has 2 N–H and O–H groups in total. The van der Waals surface area contributed by atoms with Crippen molar-refractivity contribution in [1.82, 2.24) is 14.8 Å². The number of nitrogens with one attached hydrogen (secondary N) is 2. The summed E-state index contributed by atoms with van der Waals surface area (Å²) in [6.45, 7) is 2.52. The molecule has 5 heteroatoms. The molecule has 0 saturated carbocycles. The molecule has 4 nitrogen and oxygen atoms in total. The topological polar surface area (TPSA) is 53.6 Å². The molecule has 0 bridgehead atoms. The summed E-state index contributed by atoms with van der Waals surface area (Å²) in [5, 5.41) is 5.07. The monoisotopic (exact) mass is 221 g/mol. The van der Waals surface area contributed by atoms with Crippen molar-refractivity contribution in [2.24, 2.45) is 0 Å². The van der Waals surface area contributed by atoms with Gasteiger partial charge in [0.2, 0.25) is 0 Å². The van der Waals surface area contributed by atoms with Crippen LogP contribution in [0.2, 0.25) is 0 Å². The van der Waals surface area contributed by atoms with Crippen molar-refractivity contribution in [2.75, 3.05) is 0 Å². The van der Waals surface area contributed by atoms with Crippen molar-refractivity contribution < 1.29 is 0 Å². The fourth-order valence-electron chi connectivity index (χ4n) is 1.44. The Kier molecular flexibility index (Phi) is 2.55. The maximum absolute atomic E-state index is 11.4. The lowest BCUT2D eigenvalue weighted by Crippen LogP contribution is -2.18. The number of aryl methyl sites for hydroxylation is 1. The van der Waals surface area contributed by atoms with E-state index in [2.05, 4.69) is 10.2 Å². The van der Waals surface area contributed by atoms with Crippen molar-refractivity contribution in [3.05, 3.63) is 50.6 Å². The van der Waals surface area contributed by atoms with Crippen LogP contribution in [0.3, 0.4) is 0 Å². The molecule has 2 aromatic rings. The summed E-state index contributed by atoms with van der Waals surface area (Å²) in [4.78, 5) is 11.4. The maximum Gasteiger partial charge on any atom is 0.342 e. The first-order valence-corrected chi connectivity index (χ1v) is 5.01. The van der Waals surface area contributed by atoms with Crippen LogP contribution in [-0.4, -0.2) is 14.8 Å². The van der Waals surface area contributed by atoms with Crippen LogP contribution in [0.5, 0.6) is 0 Å². The van der Waals surface area contributed by atoms with Gasteiger partial charge in [-0.05, 0) is 30.3 Å². The molecule has 1 heterocycles. The first-order valence-electron chi connectivity index (χ1n) is 4.60. The highest BCUT2D eigenvalue weighted by Gasteiger charge is 2.02. The van der Waals surface area contributed by atoms with Crippen LogP contribution in [0.1, 0.15) is 11.1 Å². The van der Waals surface area contributed by atoms with Gasteiger partial charge >= 0.3 is 5.69 Å². The Bertz CT molecular complexity index is 551. The molecule has 2 rings (SSSR count). The van der Waals surface area contributed by atoms with E-state index in [4.69, 9.17) is 12.2 Å². The number of hydrogen-bond donors (Lipinski definition) is 2. The first kappa shape index (κ1) is 9.92. The Balaban J connectivity index is 2.42. The van der Waals surface area contributed by atoms with Gasteiger partial charge < -0.3 is 0 Å². The molecular weight excluding hydrogens is 210 g/mol. The molecule has 15 heavy (non-hydrogen) atoms. The minimum Gasteiger partial charge on any atom is -0.272 e. The summed E-state index contributed by atoms with van der Waals surface area (Å²) in [5.74, 6) is 0. The third kappa shape index (κ3) is 1.92. The van der Waals surface area contributed by atoms with E-state index in [-0.39, 0.29) is 5.69 Å². The van der Waals surface area contributed by atoms with Crippen LogP contribution in [0, 0.1) is 11.7 Å². The van der Waals surface area contributed by atoms with Crippen LogP contribution in [0.25, 0.3) is 0 Å². The summed E-state index contributed by atoms with van der Waals surface area (Å²) in [6, 6.07) is 7.93. The van der Waals surface area contributed by atoms with Gasteiger partial charge in [-0.1, -0.05) is 24.3 Å². The van der Waals surface area contributed by atoms with E-state index >= 15 is 0 Å². The highest BCUT2D eigenvalue weighted by atomic mass is 32.1. The minimum atomic E-state index is -0.205. The van der Waals surface area contributed by atoms with E-state index in [1.165, 1.54) is 4.57 Å². The van der Waals surface area contributed by atoms with Crippen molar-refractivity contribution in [3.8, 4) is 0 Å². The Morgan fingerprint density at radius 3 is 2.67 bits per heavy atom. The molecule has 1 aromatic heterocycles. The van der Waals surface area contributed by atoms with E-state index in [0.717, 1.165) is 11.1 Å². The van der Waals surface area contributed by atoms with Crippen LogP contribution in [0.4, 0.5) is 0 Å². The number of hydrogen-bond acceptors (Lipinski definition) is 2. The van der Waals surface area contributed by atoms with Gasteiger partial charge in [0.05, 0.1) is 6.54 Å². The van der Waals surface area contributed by atoms with Crippen LogP contribution in [0.15, 0.2) is 29.1 Å². The zero-order valence-electron chi connectivity index (χ0n) is 8.28. The first-order chi connectivity index (χ1) is 7.18. The van der Waals surface area contributed by atoms with E-state index in [1.54, 1.807) is 0 Å². The van der Waals surface area contributed by atoms with Crippen molar-refractivity contribution in [3.63, 3.8) is 0 Å². The molecular formula is C10H11N3OS. The van der Waals surface area contributed by atoms with Crippen LogP contribution in [-0.2, 0) is 6.54 Å². The normalized spacial score (nSPS) is 10.5. The van der Waals surface area contributed by atoms with Gasteiger partial charge in [0.25, 0.3) is 0 Å². The van der Waals surface area contributed by atoms with Gasteiger partial charge in [0.1, 0.15) is 0 Å². The van der Waals surface area contributed by atoms with E-state index < -0.39 is 0 Å². The number of aromatic amines is 2. The quantitative estimate of drug-likeness (QED) is 0.757. The van der Waals surface area contributed by atoms with Gasteiger partial charge in [-0.25, -0.2) is 9.89 Å². The van der Waals surface area contributed by atoms with E-state index in [9.17, 15) is 4.79 Å². The molecule has 0 saturated heterocycles. The Labute approximate surface area is 91.6 Å². The number of aromatic nitrogens is 3. The molecule has 0 amide bonds. The standard InChI is InChI=1S/C10H11N3OS/c1-7-4-2-3-5-8(7)6-13-9(14)11-12-10(13)15/h2-5H,6H2,1H3,(H,11,14)(H,12,15). The molecule has 0 fully saturated rings. The van der Waals surface area contributed by atoms with Gasteiger partial charge in [0, 0.05) is 0 Å². The summed E-state index contributed by atoms with van der Waals surface area (Å²) in [5.41, 5.74) is 2.04. The Morgan fingerprint density at radius 2 is 2.07 bits per heavy atom. The zero-order valence-corrected chi connectivity index (χ0v) is 9.10. The highest BCUT2D eigenvalue weighted by molar-refractivity contribution is 7.71. The molecule has 0 radical (unpaired) electrons. The number of benzene rings is 1. The molecule has 0 aliphatic rings. The predicted octanol–water partition coefficient (Wildman–Crippen LogP) is 1.59. The summed E-state index contributed by atoms with van der Waals surface area (Å²) in [7, 11) is 0. The molecule has 0 aliphatic heterocycles. The number of rotatable bonds is 2. The van der Waals surface area contributed by atoms with Crippen molar-refractivity contribution >= 4 is 12.2 Å². The largest absolute Gasteiger partial charge is 0.342 e. The number of nitrogens with zero attached hydrogens (tertiary/aromatic N) is 1. The third-order valence-electron chi connectivity index (χ3n) is 2.36. The molecule has 78 valence electrons. The SMILES string of the molecule is Cc1ccccc1Cn1c(=O)[nH][nH]c1=S. The smallest absolute Gasteiger partial charge is 0.272 e. The molecule has 0 atom stereocenters. The zero-order chi connectivity index (χ0) is 10.8. The maximum atomic E-state index is 11.4. The molecule has 0 aliphatic carbocycles. The third-order valence-corrected chi connectivity index (χ3v) is 2.68. The fourth-order valence-corrected chi connectivity index (χ4v) is 1.63.